The smallest absolute Gasteiger partial charge is 0.345 e. The Bertz CT molecular complexity index is 244. The van der Waals surface area contributed by atoms with Gasteiger partial charge in [0.25, 0.3) is 0 Å². The molecule has 0 saturated carbocycles. The summed E-state index contributed by atoms with van der Waals surface area (Å²) in [5.41, 5.74) is 0. The van der Waals surface area contributed by atoms with E-state index in [1.807, 2.05) is 0 Å². The zero-order valence-electron chi connectivity index (χ0n) is 5.42. The quantitative estimate of drug-likeness (QED) is 0.683. The van der Waals surface area contributed by atoms with Crippen LogP contribution in [0.25, 0.3) is 0 Å². The molecule has 0 atom stereocenters. The first kappa shape index (κ1) is 7.08. The first-order valence-electron chi connectivity index (χ1n) is 2.75. The molecule has 1 aromatic rings. The third-order valence-electron chi connectivity index (χ3n) is 1.06. The highest BCUT2D eigenvalue weighted by molar-refractivity contribution is 7.17. The SMILES string of the molecule is CNc1ccc(C(=O)O)s1. The summed E-state index contributed by atoms with van der Waals surface area (Å²) in [6.45, 7) is 0. The van der Waals surface area contributed by atoms with Crippen molar-refractivity contribution >= 4 is 22.3 Å². The highest BCUT2D eigenvalue weighted by Gasteiger charge is 2.04. The zero-order chi connectivity index (χ0) is 7.56. The van der Waals surface area contributed by atoms with Crippen molar-refractivity contribution in [3.63, 3.8) is 0 Å². The van der Waals surface area contributed by atoms with E-state index >= 15 is 0 Å². The Morgan fingerprint density at radius 1 is 1.70 bits per heavy atom. The number of hydrogen-bond acceptors (Lipinski definition) is 3. The van der Waals surface area contributed by atoms with Gasteiger partial charge in [0.15, 0.2) is 0 Å². The third-order valence-corrected chi connectivity index (χ3v) is 2.15. The number of rotatable bonds is 2. The van der Waals surface area contributed by atoms with Gasteiger partial charge >= 0.3 is 5.97 Å². The molecule has 0 bridgehead atoms. The van der Waals surface area contributed by atoms with Crippen LogP contribution in [-0.4, -0.2) is 18.1 Å². The van der Waals surface area contributed by atoms with Crippen LogP contribution in [0.5, 0.6) is 0 Å². The molecule has 2 N–H and O–H groups in total. The molecule has 0 saturated heterocycles. The van der Waals surface area contributed by atoms with Crippen molar-refractivity contribution in [2.24, 2.45) is 0 Å². The van der Waals surface area contributed by atoms with Crippen LogP contribution < -0.4 is 5.32 Å². The minimum Gasteiger partial charge on any atom is -0.477 e. The number of anilines is 1. The average molecular weight is 157 g/mol. The summed E-state index contributed by atoms with van der Waals surface area (Å²) in [6, 6.07) is 3.33. The molecule has 0 spiro atoms. The van der Waals surface area contributed by atoms with E-state index in [2.05, 4.69) is 5.32 Å². The molecule has 4 heteroatoms. The summed E-state index contributed by atoms with van der Waals surface area (Å²) in [6.07, 6.45) is 0. The molecule has 10 heavy (non-hydrogen) atoms. The number of carboxylic acid groups (broad SMARTS) is 1. The predicted molar refractivity (Wildman–Crippen MR) is 40.8 cm³/mol. The first-order chi connectivity index (χ1) is 4.74. The van der Waals surface area contributed by atoms with E-state index < -0.39 is 5.97 Å². The lowest BCUT2D eigenvalue weighted by molar-refractivity contribution is 0.0702. The van der Waals surface area contributed by atoms with Crippen LogP contribution in [0.1, 0.15) is 9.67 Å². The van der Waals surface area contributed by atoms with Gasteiger partial charge in [0.05, 0.1) is 5.00 Å². The highest BCUT2D eigenvalue weighted by Crippen LogP contribution is 2.20. The Hall–Kier alpha value is -1.03. The van der Waals surface area contributed by atoms with Crippen LogP contribution in [0, 0.1) is 0 Å². The molecule has 0 amide bonds. The van der Waals surface area contributed by atoms with Gasteiger partial charge < -0.3 is 10.4 Å². The molecule has 0 unspecified atom stereocenters. The van der Waals surface area contributed by atoms with Gasteiger partial charge in [0.2, 0.25) is 0 Å². The second kappa shape index (κ2) is 2.70. The van der Waals surface area contributed by atoms with Crippen LogP contribution in [0.15, 0.2) is 12.1 Å². The molecule has 1 aromatic heterocycles. The fourth-order valence-electron chi connectivity index (χ4n) is 0.587. The number of thiophene rings is 1. The van der Waals surface area contributed by atoms with Gasteiger partial charge in [-0.25, -0.2) is 4.79 Å². The predicted octanol–water partition coefficient (Wildman–Crippen LogP) is 1.49. The second-order valence-corrected chi connectivity index (χ2v) is 2.80. The maximum absolute atomic E-state index is 10.3. The largest absolute Gasteiger partial charge is 0.477 e. The summed E-state index contributed by atoms with van der Waals surface area (Å²) in [4.78, 5) is 10.7. The average Bonchev–Trinajstić information content (AvgIpc) is 2.34. The molecule has 0 radical (unpaired) electrons. The Morgan fingerprint density at radius 2 is 2.40 bits per heavy atom. The number of hydrogen-bond donors (Lipinski definition) is 2. The van der Waals surface area contributed by atoms with Crippen molar-refractivity contribution in [2.45, 2.75) is 0 Å². The van der Waals surface area contributed by atoms with Crippen molar-refractivity contribution in [1.82, 2.24) is 0 Å². The fourth-order valence-corrected chi connectivity index (χ4v) is 1.29. The molecule has 1 rings (SSSR count). The lowest BCUT2D eigenvalue weighted by Crippen LogP contribution is -1.89. The lowest BCUT2D eigenvalue weighted by atomic mass is 10.5. The van der Waals surface area contributed by atoms with E-state index in [9.17, 15) is 4.79 Å². The summed E-state index contributed by atoms with van der Waals surface area (Å²) >= 11 is 1.23. The summed E-state index contributed by atoms with van der Waals surface area (Å²) in [5, 5.41) is 12.2. The summed E-state index contributed by atoms with van der Waals surface area (Å²) < 4.78 is 0. The van der Waals surface area contributed by atoms with Crippen LogP contribution >= 0.6 is 11.3 Å². The van der Waals surface area contributed by atoms with Crippen molar-refractivity contribution < 1.29 is 9.90 Å². The number of aromatic carboxylic acids is 1. The van der Waals surface area contributed by atoms with E-state index in [1.54, 1.807) is 19.2 Å². The Kier molecular flexibility index (Phi) is 1.91. The van der Waals surface area contributed by atoms with Crippen molar-refractivity contribution in [1.29, 1.82) is 0 Å². The Morgan fingerprint density at radius 3 is 2.70 bits per heavy atom. The van der Waals surface area contributed by atoms with Crippen molar-refractivity contribution in [3.8, 4) is 0 Å². The van der Waals surface area contributed by atoms with Gasteiger partial charge in [-0.3, -0.25) is 0 Å². The maximum atomic E-state index is 10.3. The van der Waals surface area contributed by atoms with E-state index in [4.69, 9.17) is 5.11 Å². The Balaban J connectivity index is 2.88. The molecule has 0 aliphatic carbocycles. The number of carboxylic acids is 1. The topological polar surface area (TPSA) is 49.3 Å². The van der Waals surface area contributed by atoms with E-state index in [0.717, 1.165) is 5.00 Å². The minimum absolute atomic E-state index is 0.365. The fraction of sp³-hybridized carbons (Fsp3) is 0.167. The van der Waals surface area contributed by atoms with Gasteiger partial charge in [0.1, 0.15) is 4.88 Å². The first-order valence-corrected chi connectivity index (χ1v) is 3.56. The van der Waals surface area contributed by atoms with Gasteiger partial charge in [-0.1, -0.05) is 0 Å². The van der Waals surface area contributed by atoms with Crippen molar-refractivity contribution in [2.75, 3.05) is 12.4 Å². The lowest BCUT2D eigenvalue weighted by Gasteiger charge is -1.87. The third kappa shape index (κ3) is 1.27. The van der Waals surface area contributed by atoms with Crippen LogP contribution in [0.4, 0.5) is 5.00 Å². The normalized spacial score (nSPS) is 9.30. The van der Waals surface area contributed by atoms with Crippen LogP contribution in [0.2, 0.25) is 0 Å². The summed E-state index contributed by atoms with van der Waals surface area (Å²) in [5.74, 6) is -0.869. The van der Waals surface area contributed by atoms with Gasteiger partial charge in [-0.15, -0.1) is 11.3 Å². The molecule has 0 aliphatic heterocycles. The molecule has 0 fully saturated rings. The molecular formula is C6H7NO2S. The van der Waals surface area contributed by atoms with E-state index in [0.29, 0.717) is 4.88 Å². The molecule has 54 valence electrons. The number of carbonyl (C=O) groups is 1. The van der Waals surface area contributed by atoms with Crippen molar-refractivity contribution in [3.05, 3.63) is 17.0 Å². The molecule has 0 aromatic carbocycles. The Labute approximate surface area is 62.3 Å². The molecule has 1 heterocycles. The van der Waals surface area contributed by atoms with Gasteiger partial charge in [-0.05, 0) is 12.1 Å². The molecule has 3 nitrogen and oxygen atoms in total. The molecular weight excluding hydrogens is 150 g/mol. The minimum atomic E-state index is -0.869. The van der Waals surface area contributed by atoms with Crippen LogP contribution in [-0.2, 0) is 0 Å². The zero-order valence-corrected chi connectivity index (χ0v) is 6.23. The van der Waals surface area contributed by atoms with Gasteiger partial charge in [0, 0.05) is 7.05 Å². The second-order valence-electron chi connectivity index (χ2n) is 1.72. The monoisotopic (exact) mass is 157 g/mol. The molecule has 0 aliphatic rings. The van der Waals surface area contributed by atoms with Gasteiger partial charge in [-0.2, -0.15) is 0 Å². The maximum Gasteiger partial charge on any atom is 0.345 e. The van der Waals surface area contributed by atoms with E-state index in [-0.39, 0.29) is 0 Å². The standard InChI is InChI=1S/C6H7NO2S/c1-7-5-3-2-4(10-5)6(8)9/h2-3,7H,1H3,(H,8,9). The van der Waals surface area contributed by atoms with E-state index in [1.165, 1.54) is 11.3 Å². The summed E-state index contributed by atoms with van der Waals surface area (Å²) in [7, 11) is 1.76. The van der Waals surface area contributed by atoms with Crippen LogP contribution in [0.3, 0.4) is 0 Å². The number of nitrogens with one attached hydrogen (secondary N) is 1. The highest BCUT2D eigenvalue weighted by atomic mass is 32.1.